The van der Waals surface area contributed by atoms with Crippen LogP contribution in [0.4, 0.5) is 5.82 Å². The third-order valence-corrected chi connectivity index (χ3v) is 6.10. The average Bonchev–Trinajstić information content (AvgIpc) is 2.96. The predicted molar refractivity (Wildman–Crippen MR) is 106 cm³/mol. The van der Waals surface area contributed by atoms with E-state index in [4.69, 9.17) is 16.2 Å². The van der Waals surface area contributed by atoms with Crippen molar-refractivity contribution in [2.75, 3.05) is 12.3 Å². The maximum absolute atomic E-state index is 12.2. The molecule has 0 bridgehead atoms. The number of carbonyl (C=O) groups is 1. The number of nitrogen functional groups attached to an aromatic ring is 1. The Morgan fingerprint density at radius 3 is 2.59 bits per heavy atom. The first kappa shape index (κ1) is 21.1. The average molecular weight is 422 g/mol. The summed E-state index contributed by atoms with van der Waals surface area (Å²) >= 11 is 1.10. The van der Waals surface area contributed by atoms with E-state index in [1.165, 1.54) is 29.0 Å². The second kappa shape index (κ2) is 8.82. The summed E-state index contributed by atoms with van der Waals surface area (Å²) in [5.74, 6) is -0.492. The Hall–Kier alpha value is -2.60. The molecular formula is C18H22N4O6S. The van der Waals surface area contributed by atoms with Crippen LogP contribution in [0.25, 0.3) is 0 Å². The van der Waals surface area contributed by atoms with Crippen molar-refractivity contribution >= 4 is 23.5 Å². The molecule has 0 saturated carbocycles. The van der Waals surface area contributed by atoms with E-state index in [0.29, 0.717) is 0 Å². The molecule has 1 aromatic carbocycles. The topological polar surface area (TPSA) is 174 Å². The molecule has 1 saturated heterocycles. The van der Waals surface area contributed by atoms with Crippen molar-refractivity contribution in [1.82, 2.24) is 9.55 Å². The minimum absolute atomic E-state index is 0.0531. The molecule has 0 radical (unpaired) electrons. The number of esters is 1. The van der Waals surface area contributed by atoms with Crippen LogP contribution in [0.15, 0.2) is 41.3 Å². The maximum atomic E-state index is 12.2. The van der Waals surface area contributed by atoms with Gasteiger partial charge in [0.25, 0.3) is 0 Å². The second-order valence-corrected chi connectivity index (χ2v) is 8.06. The van der Waals surface area contributed by atoms with Crippen LogP contribution in [0.5, 0.6) is 5.75 Å². The number of hydrogen-bond acceptors (Lipinski definition) is 10. The summed E-state index contributed by atoms with van der Waals surface area (Å²) in [7, 11) is 0. The van der Waals surface area contributed by atoms with E-state index in [1.54, 1.807) is 12.1 Å². The van der Waals surface area contributed by atoms with Crippen molar-refractivity contribution in [3.05, 3.63) is 52.6 Å². The zero-order valence-corrected chi connectivity index (χ0v) is 16.1. The SMILES string of the molecule is Nc1ccn([C@@H]2S[C@H](COC(=O)[C@@H](N)Cc3ccc(O)cc3)C(O)C2O)c(=O)n1. The summed E-state index contributed by atoms with van der Waals surface area (Å²) in [5.41, 5.74) is 11.4. The number of benzene rings is 1. The lowest BCUT2D eigenvalue weighted by atomic mass is 10.1. The molecular weight excluding hydrogens is 400 g/mol. The first-order valence-corrected chi connectivity index (χ1v) is 9.77. The molecule has 10 nitrogen and oxygen atoms in total. The number of thioether (sulfide) groups is 1. The molecule has 1 aliphatic heterocycles. The number of ether oxygens (including phenoxy) is 1. The molecule has 0 aliphatic carbocycles. The molecule has 11 heteroatoms. The summed E-state index contributed by atoms with van der Waals surface area (Å²) in [4.78, 5) is 27.8. The Labute approximate surface area is 170 Å². The van der Waals surface area contributed by atoms with Gasteiger partial charge >= 0.3 is 11.7 Å². The fourth-order valence-corrected chi connectivity index (χ4v) is 4.40. The van der Waals surface area contributed by atoms with E-state index >= 15 is 0 Å². The van der Waals surface area contributed by atoms with E-state index in [-0.39, 0.29) is 24.6 Å². The van der Waals surface area contributed by atoms with E-state index < -0.39 is 40.5 Å². The number of phenolic OH excluding ortho intramolecular Hbond substituents is 1. The van der Waals surface area contributed by atoms with Gasteiger partial charge in [-0.05, 0) is 30.2 Å². The summed E-state index contributed by atoms with van der Waals surface area (Å²) < 4.78 is 6.38. The van der Waals surface area contributed by atoms with Gasteiger partial charge in [0.1, 0.15) is 35.7 Å². The number of carbonyl (C=O) groups excluding carboxylic acids is 1. The van der Waals surface area contributed by atoms with Crippen LogP contribution in [0.1, 0.15) is 10.9 Å². The third-order valence-electron chi connectivity index (χ3n) is 4.55. The van der Waals surface area contributed by atoms with Crippen molar-refractivity contribution in [2.45, 2.75) is 35.3 Å². The summed E-state index contributed by atoms with van der Waals surface area (Å²) in [6.07, 6.45) is -0.856. The van der Waals surface area contributed by atoms with Gasteiger partial charge in [0, 0.05) is 6.20 Å². The van der Waals surface area contributed by atoms with Crippen molar-refractivity contribution in [3.8, 4) is 5.75 Å². The predicted octanol–water partition coefficient (Wildman–Crippen LogP) is -1.02. The highest BCUT2D eigenvalue weighted by Gasteiger charge is 2.44. The molecule has 156 valence electrons. The third kappa shape index (κ3) is 4.88. The Balaban J connectivity index is 1.58. The van der Waals surface area contributed by atoms with E-state index in [0.717, 1.165) is 17.3 Å². The lowest BCUT2D eigenvalue weighted by Crippen LogP contribution is -2.38. The van der Waals surface area contributed by atoms with Crippen LogP contribution >= 0.6 is 11.8 Å². The highest BCUT2D eigenvalue weighted by Crippen LogP contribution is 2.41. The number of rotatable bonds is 6. The van der Waals surface area contributed by atoms with E-state index in [2.05, 4.69) is 4.98 Å². The van der Waals surface area contributed by atoms with Gasteiger partial charge in [-0.1, -0.05) is 12.1 Å². The smallest absolute Gasteiger partial charge is 0.350 e. The molecule has 29 heavy (non-hydrogen) atoms. The van der Waals surface area contributed by atoms with Crippen LogP contribution in [0.2, 0.25) is 0 Å². The summed E-state index contributed by atoms with van der Waals surface area (Å²) in [6.45, 7) is -0.182. The van der Waals surface area contributed by atoms with Crippen LogP contribution in [0.3, 0.4) is 0 Å². The zero-order valence-electron chi connectivity index (χ0n) is 15.3. The van der Waals surface area contributed by atoms with Crippen LogP contribution in [-0.4, -0.2) is 60.9 Å². The molecule has 2 heterocycles. The largest absolute Gasteiger partial charge is 0.508 e. The molecule has 1 aromatic heterocycles. The Morgan fingerprint density at radius 1 is 1.24 bits per heavy atom. The van der Waals surface area contributed by atoms with Crippen LogP contribution in [-0.2, 0) is 16.0 Å². The normalized spacial score (nSPS) is 24.9. The molecule has 1 fully saturated rings. The number of aromatic nitrogens is 2. The zero-order chi connectivity index (χ0) is 21.1. The van der Waals surface area contributed by atoms with Gasteiger partial charge in [0.15, 0.2) is 0 Å². The van der Waals surface area contributed by atoms with Gasteiger partial charge in [-0.3, -0.25) is 9.36 Å². The second-order valence-electron chi connectivity index (χ2n) is 6.70. The maximum Gasteiger partial charge on any atom is 0.350 e. The Bertz CT molecular complexity index is 921. The molecule has 0 spiro atoms. The Kier molecular flexibility index (Phi) is 6.42. The van der Waals surface area contributed by atoms with Crippen LogP contribution < -0.4 is 17.2 Å². The fraction of sp³-hybridized carbons (Fsp3) is 0.389. The number of aliphatic hydroxyl groups is 2. The number of aliphatic hydroxyl groups excluding tert-OH is 2. The van der Waals surface area contributed by atoms with Gasteiger partial charge in [-0.25, -0.2) is 4.79 Å². The molecule has 1 aliphatic rings. The minimum Gasteiger partial charge on any atom is -0.508 e. The van der Waals surface area contributed by atoms with Gasteiger partial charge in [0.2, 0.25) is 0 Å². The number of aromatic hydroxyl groups is 1. The monoisotopic (exact) mass is 422 g/mol. The molecule has 2 unspecified atom stereocenters. The van der Waals surface area contributed by atoms with Gasteiger partial charge in [0.05, 0.1) is 11.4 Å². The summed E-state index contributed by atoms with van der Waals surface area (Å²) in [6, 6.07) is 6.78. The molecule has 0 amide bonds. The summed E-state index contributed by atoms with van der Waals surface area (Å²) in [5, 5.41) is 28.4. The number of phenols is 1. The fourth-order valence-electron chi connectivity index (χ4n) is 2.96. The Morgan fingerprint density at radius 2 is 1.93 bits per heavy atom. The number of hydrogen-bond donors (Lipinski definition) is 5. The standard InChI is InChI=1S/C18H22N4O6S/c19-11(7-9-1-3-10(23)4-2-9)17(26)28-8-12-14(24)15(25)16(29-12)22-6-5-13(20)21-18(22)27/h1-6,11-12,14-16,23-25H,7-8,19H2,(H2,20,21,27)/t11-,12+,14?,15?,16+/m0/s1. The molecule has 7 N–H and O–H groups in total. The van der Waals surface area contributed by atoms with Gasteiger partial charge < -0.3 is 31.5 Å². The van der Waals surface area contributed by atoms with Crippen molar-refractivity contribution in [3.63, 3.8) is 0 Å². The van der Waals surface area contributed by atoms with E-state index in [1.807, 2.05) is 0 Å². The first-order valence-electron chi connectivity index (χ1n) is 8.82. The highest BCUT2D eigenvalue weighted by atomic mass is 32.2. The highest BCUT2D eigenvalue weighted by molar-refractivity contribution is 8.00. The van der Waals surface area contributed by atoms with Crippen molar-refractivity contribution < 1.29 is 24.9 Å². The number of nitrogens with zero attached hydrogens (tertiary/aromatic N) is 2. The van der Waals surface area contributed by atoms with Gasteiger partial charge in [-0.2, -0.15) is 4.98 Å². The lowest BCUT2D eigenvalue weighted by Gasteiger charge is -2.17. The first-order chi connectivity index (χ1) is 13.8. The van der Waals surface area contributed by atoms with Crippen molar-refractivity contribution in [2.24, 2.45) is 5.73 Å². The van der Waals surface area contributed by atoms with E-state index in [9.17, 15) is 24.9 Å². The van der Waals surface area contributed by atoms with Crippen molar-refractivity contribution in [1.29, 1.82) is 0 Å². The lowest BCUT2D eigenvalue weighted by molar-refractivity contribution is -0.145. The molecule has 3 rings (SSSR count). The van der Waals surface area contributed by atoms with Crippen LogP contribution in [0, 0.1) is 0 Å². The molecule has 5 atom stereocenters. The quantitative estimate of drug-likeness (QED) is 0.362. The number of nitrogens with two attached hydrogens (primary N) is 2. The molecule has 2 aromatic rings. The minimum atomic E-state index is -1.25. The number of anilines is 1. The van der Waals surface area contributed by atoms with Gasteiger partial charge in [-0.15, -0.1) is 11.8 Å².